The summed E-state index contributed by atoms with van der Waals surface area (Å²) in [5.74, 6) is -1.21. The number of aryl methyl sites for hydroxylation is 1. The highest BCUT2D eigenvalue weighted by Crippen LogP contribution is 2.28. The van der Waals surface area contributed by atoms with Gasteiger partial charge in [-0.15, -0.1) is 0 Å². The zero-order chi connectivity index (χ0) is 18.8. The number of nitrogens with one attached hydrogen (secondary N) is 1. The number of nitrogens with zero attached hydrogens (tertiary/aromatic N) is 1. The molecule has 0 spiro atoms. The fourth-order valence-corrected chi connectivity index (χ4v) is 3.19. The van der Waals surface area contributed by atoms with Crippen molar-refractivity contribution in [3.63, 3.8) is 0 Å². The van der Waals surface area contributed by atoms with Crippen LogP contribution < -0.4 is 5.32 Å². The van der Waals surface area contributed by atoms with Gasteiger partial charge in [-0.25, -0.2) is 0 Å². The number of ketones is 1. The van der Waals surface area contributed by atoms with Crippen LogP contribution in [0.25, 0.3) is 16.6 Å². The Morgan fingerprint density at radius 3 is 2.33 bits per heavy atom. The summed E-state index contributed by atoms with van der Waals surface area (Å²) in [6.07, 6.45) is 1.80. The molecule has 2 aromatic heterocycles. The highest BCUT2D eigenvalue weighted by molar-refractivity contribution is 6.47. The minimum absolute atomic E-state index is 0.364. The number of Topliss-reactive ketones (excluding diaryl/α,β-unsaturated/α-hetero) is 1. The second kappa shape index (κ2) is 6.92. The molecule has 0 aliphatic carbocycles. The van der Waals surface area contributed by atoms with E-state index >= 15 is 0 Å². The summed E-state index contributed by atoms with van der Waals surface area (Å²) in [5, 5.41) is 2.74. The molecule has 0 atom stereocenters. The lowest BCUT2D eigenvalue weighted by Crippen LogP contribution is -2.25. The number of aromatic nitrogens is 1. The average molecular weight is 354 g/mol. The monoisotopic (exact) mass is 354 g/mol. The van der Waals surface area contributed by atoms with E-state index in [1.165, 1.54) is 0 Å². The van der Waals surface area contributed by atoms with Crippen molar-refractivity contribution in [3.8, 4) is 11.1 Å². The van der Waals surface area contributed by atoms with Crippen molar-refractivity contribution in [2.75, 3.05) is 5.32 Å². The molecule has 0 fully saturated rings. The molecule has 0 radical (unpaired) electrons. The number of rotatable bonds is 4. The molecule has 0 aliphatic rings. The van der Waals surface area contributed by atoms with Gasteiger partial charge in [-0.3, -0.25) is 9.59 Å². The Kier molecular flexibility index (Phi) is 4.30. The maximum atomic E-state index is 13.1. The van der Waals surface area contributed by atoms with E-state index in [-0.39, 0.29) is 0 Å². The fraction of sp³-hybridized carbons (Fsp3) is 0.0435. The molecule has 4 heteroatoms. The van der Waals surface area contributed by atoms with Crippen molar-refractivity contribution in [2.45, 2.75) is 6.92 Å². The fourth-order valence-electron chi connectivity index (χ4n) is 3.19. The van der Waals surface area contributed by atoms with E-state index in [1.807, 2.05) is 79.7 Å². The molecule has 0 bridgehead atoms. The molecule has 1 N–H and O–H groups in total. The van der Waals surface area contributed by atoms with Crippen molar-refractivity contribution in [2.24, 2.45) is 0 Å². The van der Waals surface area contributed by atoms with Crippen LogP contribution in [0.3, 0.4) is 0 Å². The Morgan fingerprint density at radius 2 is 1.56 bits per heavy atom. The van der Waals surface area contributed by atoms with E-state index in [9.17, 15) is 9.59 Å². The number of amides is 1. The van der Waals surface area contributed by atoms with Crippen LogP contribution in [0.2, 0.25) is 0 Å². The van der Waals surface area contributed by atoms with Gasteiger partial charge in [0.1, 0.15) is 5.69 Å². The third-order valence-corrected chi connectivity index (χ3v) is 4.58. The van der Waals surface area contributed by atoms with Gasteiger partial charge < -0.3 is 9.72 Å². The largest absolute Gasteiger partial charge is 0.319 e. The van der Waals surface area contributed by atoms with Gasteiger partial charge in [0.15, 0.2) is 0 Å². The molecule has 0 saturated heterocycles. The van der Waals surface area contributed by atoms with Crippen LogP contribution in [0.15, 0.2) is 85.1 Å². The smallest absolute Gasteiger partial charge is 0.298 e. The Labute approximate surface area is 157 Å². The second-order valence-electron chi connectivity index (χ2n) is 6.37. The first-order chi connectivity index (χ1) is 13.1. The molecule has 4 aromatic rings. The summed E-state index contributed by atoms with van der Waals surface area (Å²) in [5.41, 5.74) is 4.41. The molecule has 0 aliphatic heterocycles. The molecule has 4 nitrogen and oxygen atoms in total. The number of carbonyl (C=O) groups excluding carboxylic acids is 2. The number of para-hydroxylation sites is 1. The van der Waals surface area contributed by atoms with Crippen LogP contribution in [0.1, 0.15) is 16.1 Å². The molecular weight excluding hydrogens is 336 g/mol. The maximum absolute atomic E-state index is 13.1. The van der Waals surface area contributed by atoms with Crippen LogP contribution in [0.4, 0.5) is 5.69 Å². The average Bonchev–Trinajstić information content (AvgIpc) is 3.09. The summed E-state index contributed by atoms with van der Waals surface area (Å²) in [6.45, 7) is 1.89. The predicted octanol–water partition coefficient (Wildman–Crippen LogP) is 4.74. The first kappa shape index (κ1) is 16.8. The molecule has 27 heavy (non-hydrogen) atoms. The van der Waals surface area contributed by atoms with Crippen molar-refractivity contribution in [1.82, 2.24) is 4.40 Å². The molecule has 0 saturated carbocycles. The quantitative estimate of drug-likeness (QED) is 0.425. The summed E-state index contributed by atoms with van der Waals surface area (Å²) in [7, 11) is 0. The van der Waals surface area contributed by atoms with E-state index in [0.717, 1.165) is 22.2 Å². The number of hydrogen-bond donors (Lipinski definition) is 1. The van der Waals surface area contributed by atoms with Gasteiger partial charge >= 0.3 is 0 Å². The maximum Gasteiger partial charge on any atom is 0.298 e. The van der Waals surface area contributed by atoms with Crippen LogP contribution in [0, 0.1) is 6.92 Å². The molecular formula is C23H18N2O2. The minimum Gasteiger partial charge on any atom is -0.319 e. The highest BCUT2D eigenvalue weighted by atomic mass is 16.2. The van der Waals surface area contributed by atoms with Gasteiger partial charge in [0.25, 0.3) is 11.7 Å². The third kappa shape index (κ3) is 3.13. The number of fused-ring (bicyclic) bond motifs is 1. The van der Waals surface area contributed by atoms with E-state index < -0.39 is 11.7 Å². The summed E-state index contributed by atoms with van der Waals surface area (Å²) >= 11 is 0. The number of benzene rings is 2. The molecule has 2 heterocycles. The van der Waals surface area contributed by atoms with Gasteiger partial charge in [-0.2, -0.15) is 0 Å². The van der Waals surface area contributed by atoms with E-state index in [2.05, 4.69) is 5.32 Å². The standard InChI is InChI=1S/C23H18N2O2/c1-16-9-5-6-13-20(16)24-23(27)22(26)21-19(17-10-3-2-4-11-17)15-18-12-7-8-14-25(18)21/h2-15H,1H3,(H,24,27). The molecule has 0 unspecified atom stereocenters. The van der Waals surface area contributed by atoms with E-state index in [0.29, 0.717) is 11.4 Å². The summed E-state index contributed by atoms with van der Waals surface area (Å²) in [6, 6.07) is 24.6. The third-order valence-electron chi connectivity index (χ3n) is 4.58. The van der Waals surface area contributed by atoms with Crippen molar-refractivity contribution < 1.29 is 9.59 Å². The molecule has 132 valence electrons. The van der Waals surface area contributed by atoms with Crippen LogP contribution in [-0.4, -0.2) is 16.1 Å². The van der Waals surface area contributed by atoms with Gasteiger partial charge in [0, 0.05) is 23.0 Å². The topological polar surface area (TPSA) is 50.6 Å². The van der Waals surface area contributed by atoms with Gasteiger partial charge in [-0.1, -0.05) is 54.6 Å². The van der Waals surface area contributed by atoms with E-state index in [4.69, 9.17) is 0 Å². The minimum atomic E-state index is -0.648. The van der Waals surface area contributed by atoms with Crippen molar-refractivity contribution in [3.05, 3.63) is 96.3 Å². The Morgan fingerprint density at radius 1 is 0.852 bits per heavy atom. The Hall–Kier alpha value is -3.66. The van der Waals surface area contributed by atoms with Crippen molar-refractivity contribution >= 4 is 22.9 Å². The second-order valence-corrected chi connectivity index (χ2v) is 6.37. The van der Waals surface area contributed by atoms with Gasteiger partial charge in [0.05, 0.1) is 0 Å². The SMILES string of the molecule is Cc1ccccc1NC(=O)C(=O)c1c(-c2ccccc2)cc2ccccn12. The summed E-state index contributed by atoms with van der Waals surface area (Å²) < 4.78 is 1.77. The Balaban J connectivity index is 1.79. The summed E-state index contributed by atoms with van der Waals surface area (Å²) in [4.78, 5) is 25.8. The zero-order valence-corrected chi connectivity index (χ0v) is 14.8. The molecule has 2 aromatic carbocycles. The molecule has 1 amide bonds. The normalized spacial score (nSPS) is 10.7. The van der Waals surface area contributed by atoms with Crippen LogP contribution in [0.5, 0.6) is 0 Å². The lowest BCUT2D eigenvalue weighted by Gasteiger charge is -2.09. The highest BCUT2D eigenvalue weighted by Gasteiger charge is 2.25. The predicted molar refractivity (Wildman–Crippen MR) is 107 cm³/mol. The van der Waals surface area contributed by atoms with Crippen molar-refractivity contribution in [1.29, 1.82) is 0 Å². The number of anilines is 1. The first-order valence-electron chi connectivity index (χ1n) is 8.72. The number of carbonyl (C=O) groups is 2. The van der Waals surface area contributed by atoms with Gasteiger partial charge in [-0.05, 0) is 42.3 Å². The zero-order valence-electron chi connectivity index (χ0n) is 14.8. The lowest BCUT2D eigenvalue weighted by molar-refractivity contribution is -0.112. The van der Waals surface area contributed by atoms with Crippen LogP contribution in [-0.2, 0) is 4.79 Å². The lowest BCUT2D eigenvalue weighted by atomic mass is 10.0. The van der Waals surface area contributed by atoms with Gasteiger partial charge in [0.2, 0.25) is 0 Å². The first-order valence-corrected chi connectivity index (χ1v) is 8.72. The number of pyridine rings is 1. The van der Waals surface area contributed by atoms with Crippen LogP contribution >= 0.6 is 0 Å². The number of hydrogen-bond acceptors (Lipinski definition) is 2. The van der Waals surface area contributed by atoms with E-state index in [1.54, 1.807) is 16.7 Å². The Bertz CT molecular complexity index is 1140. The molecule has 4 rings (SSSR count).